The highest BCUT2D eigenvalue weighted by Crippen LogP contribution is 2.22. The van der Waals surface area contributed by atoms with Crippen molar-refractivity contribution in [3.63, 3.8) is 0 Å². The number of carbonyl (C=O) groups is 2. The van der Waals surface area contributed by atoms with Crippen molar-refractivity contribution in [3.8, 4) is 5.75 Å². The van der Waals surface area contributed by atoms with Crippen molar-refractivity contribution >= 4 is 23.6 Å². The Morgan fingerprint density at radius 1 is 1.32 bits per heavy atom. The van der Waals surface area contributed by atoms with Crippen LogP contribution in [0.25, 0.3) is 0 Å². The monoisotopic (exact) mass is 326 g/mol. The maximum absolute atomic E-state index is 11.9. The molecule has 22 heavy (non-hydrogen) atoms. The van der Waals surface area contributed by atoms with E-state index in [1.165, 1.54) is 7.11 Å². The summed E-state index contributed by atoms with van der Waals surface area (Å²) in [5.41, 5.74) is 0. The van der Waals surface area contributed by atoms with E-state index in [9.17, 15) is 9.59 Å². The summed E-state index contributed by atoms with van der Waals surface area (Å²) in [6.45, 7) is 1.06. The molecule has 0 bridgehead atoms. The molecular weight excluding hydrogens is 308 g/mol. The highest BCUT2D eigenvalue weighted by atomic mass is 35.5. The molecule has 1 aromatic rings. The van der Waals surface area contributed by atoms with Crippen molar-refractivity contribution < 1.29 is 19.1 Å². The molecule has 0 unspecified atom stereocenters. The van der Waals surface area contributed by atoms with Crippen LogP contribution < -0.4 is 10.1 Å². The summed E-state index contributed by atoms with van der Waals surface area (Å²) in [5.74, 6) is 0.288. The predicted octanol–water partition coefficient (Wildman–Crippen LogP) is 2.07. The van der Waals surface area contributed by atoms with Crippen molar-refractivity contribution in [1.29, 1.82) is 0 Å². The van der Waals surface area contributed by atoms with Crippen LogP contribution in [0.3, 0.4) is 0 Å². The molecule has 0 aromatic heterocycles. The number of nitrogens with zero attached hydrogens (tertiary/aromatic N) is 1. The second-order valence-corrected chi connectivity index (χ2v) is 5.43. The van der Waals surface area contributed by atoms with Crippen molar-refractivity contribution in [2.45, 2.75) is 18.9 Å². The zero-order valence-corrected chi connectivity index (χ0v) is 13.1. The van der Waals surface area contributed by atoms with Crippen LogP contribution in [0.4, 0.5) is 4.79 Å². The third kappa shape index (κ3) is 4.53. The number of para-hydroxylation sites is 1. The summed E-state index contributed by atoms with van der Waals surface area (Å²) in [5, 5.41) is 3.37. The van der Waals surface area contributed by atoms with Crippen molar-refractivity contribution in [2.75, 3.05) is 26.8 Å². The maximum atomic E-state index is 11.9. The average Bonchev–Trinajstić information content (AvgIpc) is 2.54. The van der Waals surface area contributed by atoms with Gasteiger partial charge < -0.3 is 19.7 Å². The van der Waals surface area contributed by atoms with Crippen molar-refractivity contribution in [3.05, 3.63) is 29.3 Å². The van der Waals surface area contributed by atoms with E-state index in [0.29, 0.717) is 36.7 Å². The van der Waals surface area contributed by atoms with Crippen LogP contribution in [0.15, 0.2) is 24.3 Å². The Labute approximate surface area is 134 Å². The minimum atomic E-state index is -0.327. The molecule has 1 heterocycles. The first kappa shape index (κ1) is 16.4. The number of ether oxygens (including phenoxy) is 2. The van der Waals surface area contributed by atoms with Crippen molar-refractivity contribution in [1.82, 2.24) is 10.2 Å². The molecule has 0 radical (unpaired) electrons. The zero-order valence-electron chi connectivity index (χ0n) is 12.4. The van der Waals surface area contributed by atoms with Gasteiger partial charge in [-0.15, -0.1) is 0 Å². The summed E-state index contributed by atoms with van der Waals surface area (Å²) >= 11 is 5.95. The molecule has 2 amide bonds. The minimum absolute atomic E-state index is 0.0447. The first-order valence-corrected chi connectivity index (χ1v) is 7.47. The average molecular weight is 327 g/mol. The molecule has 1 N–H and O–H groups in total. The number of carbonyl (C=O) groups excluding carboxylic acids is 2. The van der Waals surface area contributed by atoms with Gasteiger partial charge in [-0.25, -0.2) is 4.79 Å². The summed E-state index contributed by atoms with van der Waals surface area (Å²) < 4.78 is 10.1. The number of amides is 2. The van der Waals surface area contributed by atoms with Crippen LogP contribution in [0, 0.1) is 0 Å². The number of rotatable bonds is 4. The van der Waals surface area contributed by atoms with Gasteiger partial charge in [-0.3, -0.25) is 4.79 Å². The normalized spacial score (nSPS) is 15.3. The Hall–Kier alpha value is -1.95. The van der Waals surface area contributed by atoms with E-state index in [0.717, 1.165) is 0 Å². The lowest BCUT2D eigenvalue weighted by Gasteiger charge is -2.31. The molecule has 0 saturated carbocycles. The first-order chi connectivity index (χ1) is 10.6. The number of piperidine rings is 1. The molecule has 0 aliphatic carbocycles. The van der Waals surface area contributed by atoms with E-state index in [-0.39, 0.29) is 24.6 Å². The first-order valence-electron chi connectivity index (χ1n) is 7.09. The van der Waals surface area contributed by atoms with Crippen LogP contribution >= 0.6 is 11.6 Å². The molecule has 2 rings (SSSR count). The molecule has 0 atom stereocenters. The summed E-state index contributed by atoms with van der Waals surface area (Å²) in [4.78, 5) is 24.9. The van der Waals surface area contributed by atoms with E-state index in [1.54, 1.807) is 29.2 Å². The number of hydrogen-bond donors (Lipinski definition) is 1. The fourth-order valence-corrected chi connectivity index (χ4v) is 2.50. The van der Waals surface area contributed by atoms with Gasteiger partial charge >= 0.3 is 6.09 Å². The van der Waals surface area contributed by atoms with E-state index in [4.69, 9.17) is 16.3 Å². The van der Waals surface area contributed by atoms with Crippen LogP contribution in [-0.4, -0.2) is 49.7 Å². The maximum Gasteiger partial charge on any atom is 0.409 e. The Kier molecular flexibility index (Phi) is 5.89. The molecule has 1 aromatic carbocycles. The SMILES string of the molecule is COC(=O)N1CCC(NC(=O)COc2ccccc2Cl)CC1. The van der Waals surface area contributed by atoms with Gasteiger partial charge in [0.05, 0.1) is 12.1 Å². The Morgan fingerprint density at radius 3 is 2.64 bits per heavy atom. The van der Waals surface area contributed by atoms with Crippen LogP contribution in [-0.2, 0) is 9.53 Å². The van der Waals surface area contributed by atoms with Crippen LogP contribution in [0.5, 0.6) is 5.75 Å². The lowest BCUT2D eigenvalue weighted by Crippen LogP contribution is -2.47. The largest absolute Gasteiger partial charge is 0.482 e. The standard InChI is InChI=1S/C15H19ClN2O4/c1-21-15(20)18-8-6-11(7-9-18)17-14(19)10-22-13-5-3-2-4-12(13)16/h2-5,11H,6-10H2,1H3,(H,17,19). The van der Waals surface area contributed by atoms with Crippen molar-refractivity contribution in [2.24, 2.45) is 0 Å². The summed E-state index contributed by atoms with van der Waals surface area (Å²) in [7, 11) is 1.36. The molecule has 1 fully saturated rings. The number of likely N-dealkylation sites (tertiary alicyclic amines) is 1. The molecule has 0 spiro atoms. The lowest BCUT2D eigenvalue weighted by molar-refractivity contribution is -0.124. The molecule has 6 nitrogen and oxygen atoms in total. The second-order valence-electron chi connectivity index (χ2n) is 5.02. The molecule has 1 saturated heterocycles. The number of benzene rings is 1. The second kappa shape index (κ2) is 7.89. The van der Waals surface area contributed by atoms with Gasteiger partial charge in [-0.1, -0.05) is 23.7 Å². The third-order valence-corrected chi connectivity index (χ3v) is 3.80. The Morgan fingerprint density at radius 2 is 2.00 bits per heavy atom. The van der Waals surface area contributed by atoms with Gasteiger partial charge in [0.1, 0.15) is 5.75 Å². The lowest BCUT2D eigenvalue weighted by atomic mass is 10.1. The quantitative estimate of drug-likeness (QED) is 0.919. The predicted molar refractivity (Wildman–Crippen MR) is 82.1 cm³/mol. The highest BCUT2D eigenvalue weighted by Gasteiger charge is 2.24. The summed E-state index contributed by atoms with van der Waals surface area (Å²) in [6.07, 6.45) is 1.08. The van der Waals surface area contributed by atoms with Gasteiger partial charge in [0.15, 0.2) is 6.61 Å². The minimum Gasteiger partial charge on any atom is -0.482 e. The van der Waals surface area contributed by atoms with E-state index >= 15 is 0 Å². The fraction of sp³-hybridized carbons (Fsp3) is 0.467. The third-order valence-electron chi connectivity index (χ3n) is 3.49. The number of methoxy groups -OCH3 is 1. The van der Waals surface area contributed by atoms with Gasteiger partial charge in [0.25, 0.3) is 5.91 Å². The Balaban J connectivity index is 1.72. The van der Waals surface area contributed by atoms with Gasteiger partial charge in [0, 0.05) is 19.1 Å². The summed E-state index contributed by atoms with van der Waals surface area (Å²) in [6, 6.07) is 7.05. The van der Waals surface area contributed by atoms with E-state index in [2.05, 4.69) is 10.1 Å². The zero-order chi connectivity index (χ0) is 15.9. The van der Waals surface area contributed by atoms with E-state index < -0.39 is 0 Å². The number of hydrogen-bond acceptors (Lipinski definition) is 4. The number of nitrogens with one attached hydrogen (secondary N) is 1. The van der Waals surface area contributed by atoms with Gasteiger partial charge in [0.2, 0.25) is 0 Å². The van der Waals surface area contributed by atoms with Gasteiger partial charge in [-0.2, -0.15) is 0 Å². The molecular formula is C15H19ClN2O4. The smallest absolute Gasteiger partial charge is 0.409 e. The molecule has 7 heteroatoms. The molecule has 1 aliphatic rings. The fourth-order valence-electron chi connectivity index (χ4n) is 2.31. The molecule has 1 aliphatic heterocycles. The van der Waals surface area contributed by atoms with E-state index in [1.807, 2.05) is 0 Å². The molecule has 120 valence electrons. The number of halogens is 1. The topological polar surface area (TPSA) is 67.9 Å². The Bertz CT molecular complexity index is 530. The highest BCUT2D eigenvalue weighted by molar-refractivity contribution is 6.32. The van der Waals surface area contributed by atoms with Gasteiger partial charge in [-0.05, 0) is 25.0 Å². The van der Waals surface area contributed by atoms with Crippen LogP contribution in [0.2, 0.25) is 5.02 Å². The van der Waals surface area contributed by atoms with Crippen LogP contribution in [0.1, 0.15) is 12.8 Å².